The van der Waals surface area contributed by atoms with Crippen molar-refractivity contribution >= 4 is 49.8 Å². The minimum Gasteiger partial charge on any atom is -0.355 e. The Morgan fingerprint density at radius 2 is 1.86 bits per heavy atom. The number of fused-ring (bicyclic) bond motifs is 1. The van der Waals surface area contributed by atoms with Crippen LogP contribution < -0.4 is 19.8 Å². The fraction of sp³-hybridized carbons (Fsp3) is 0.333. The van der Waals surface area contributed by atoms with E-state index in [1.165, 1.54) is 11.3 Å². The fourth-order valence-electron chi connectivity index (χ4n) is 4.51. The highest BCUT2D eigenvalue weighted by Crippen LogP contribution is 2.30. The third kappa shape index (κ3) is 5.40. The van der Waals surface area contributed by atoms with Gasteiger partial charge in [0, 0.05) is 30.7 Å². The Morgan fingerprint density at radius 1 is 1.11 bits per heavy atom. The van der Waals surface area contributed by atoms with Crippen molar-refractivity contribution in [1.82, 2.24) is 14.7 Å². The van der Waals surface area contributed by atoms with Gasteiger partial charge in [-0.05, 0) is 36.1 Å². The highest BCUT2D eigenvalue weighted by Gasteiger charge is 2.28. The summed E-state index contributed by atoms with van der Waals surface area (Å²) in [6.07, 6.45) is 4.41. The van der Waals surface area contributed by atoms with Crippen LogP contribution >= 0.6 is 11.3 Å². The Kier molecular flexibility index (Phi) is 6.73. The standard InChI is InChI=1S/C24H26N6O4S2/c1-36(33,34)28-18-8-11-29(12-9-18)22-19(7-4-10-25-22)26-23(32)20-15-35-24(27-20)30-14-17-6-3-2-5-16(17)13-21(30)31/h2-7,10,15,18,28H,8-9,11-14H2,1H3,(H,26,32). The first kappa shape index (κ1) is 24.3. The van der Waals surface area contributed by atoms with Crippen LogP contribution in [0.25, 0.3) is 0 Å². The van der Waals surface area contributed by atoms with Crippen LogP contribution in [0.15, 0.2) is 48.0 Å². The first-order valence-electron chi connectivity index (χ1n) is 11.6. The number of pyridine rings is 1. The second-order valence-corrected chi connectivity index (χ2v) is 11.5. The van der Waals surface area contributed by atoms with Crippen LogP contribution in [0.5, 0.6) is 0 Å². The highest BCUT2D eigenvalue weighted by molar-refractivity contribution is 7.88. The van der Waals surface area contributed by atoms with Crippen LogP contribution in [0.4, 0.5) is 16.6 Å². The normalized spacial score (nSPS) is 16.6. The van der Waals surface area contributed by atoms with Crippen molar-refractivity contribution in [3.8, 4) is 0 Å². The largest absolute Gasteiger partial charge is 0.355 e. The lowest BCUT2D eigenvalue weighted by Crippen LogP contribution is -2.44. The number of sulfonamides is 1. The van der Waals surface area contributed by atoms with E-state index in [9.17, 15) is 18.0 Å². The van der Waals surface area contributed by atoms with Crippen molar-refractivity contribution in [2.75, 3.05) is 34.5 Å². The molecule has 0 saturated carbocycles. The molecule has 1 saturated heterocycles. The Morgan fingerprint density at radius 3 is 2.61 bits per heavy atom. The number of thiazole rings is 1. The number of amides is 2. The highest BCUT2D eigenvalue weighted by atomic mass is 32.2. The second-order valence-electron chi connectivity index (χ2n) is 8.92. The topological polar surface area (TPSA) is 125 Å². The second kappa shape index (κ2) is 9.96. The summed E-state index contributed by atoms with van der Waals surface area (Å²) in [6.45, 7) is 1.64. The van der Waals surface area contributed by atoms with Gasteiger partial charge in [-0.3, -0.25) is 14.5 Å². The molecule has 2 N–H and O–H groups in total. The number of nitrogens with one attached hydrogen (secondary N) is 2. The van der Waals surface area contributed by atoms with Gasteiger partial charge < -0.3 is 10.2 Å². The van der Waals surface area contributed by atoms with E-state index in [4.69, 9.17) is 0 Å². The zero-order valence-corrected chi connectivity index (χ0v) is 21.3. The fourth-order valence-corrected chi connectivity index (χ4v) is 6.18. The third-order valence-electron chi connectivity index (χ3n) is 6.26. The van der Waals surface area contributed by atoms with Gasteiger partial charge in [0.05, 0.1) is 24.9 Å². The summed E-state index contributed by atoms with van der Waals surface area (Å²) in [5, 5.41) is 5.04. The molecule has 0 atom stereocenters. The first-order valence-corrected chi connectivity index (χ1v) is 14.4. The van der Waals surface area contributed by atoms with Gasteiger partial charge in [-0.25, -0.2) is 23.1 Å². The Balaban J connectivity index is 1.27. The molecule has 0 aliphatic carbocycles. The number of anilines is 3. The molecule has 10 nitrogen and oxygen atoms in total. The lowest BCUT2D eigenvalue weighted by molar-refractivity contribution is -0.118. The zero-order valence-electron chi connectivity index (χ0n) is 19.7. The van der Waals surface area contributed by atoms with Crippen molar-refractivity contribution in [2.45, 2.75) is 31.8 Å². The number of carbonyl (C=O) groups is 2. The summed E-state index contributed by atoms with van der Waals surface area (Å²) in [6, 6.07) is 11.2. The third-order valence-corrected chi connectivity index (χ3v) is 7.88. The van der Waals surface area contributed by atoms with Crippen molar-refractivity contribution in [1.29, 1.82) is 0 Å². The molecule has 36 heavy (non-hydrogen) atoms. The first-order chi connectivity index (χ1) is 17.3. The molecule has 5 rings (SSSR count). The molecule has 4 heterocycles. The Bertz CT molecular complexity index is 1400. The van der Waals surface area contributed by atoms with Crippen molar-refractivity contribution in [3.63, 3.8) is 0 Å². The van der Waals surface area contributed by atoms with Gasteiger partial charge in [0.1, 0.15) is 5.69 Å². The number of hydrogen-bond donors (Lipinski definition) is 2. The van der Waals surface area contributed by atoms with Gasteiger partial charge in [-0.2, -0.15) is 0 Å². The molecule has 2 amide bonds. The molecule has 0 radical (unpaired) electrons. The predicted molar refractivity (Wildman–Crippen MR) is 139 cm³/mol. The molecular formula is C24H26N6O4S2. The molecule has 0 unspecified atom stereocenters. The maximum atomic E-state index is 13.0. The van der Waals surface area contributed by atoms with E-state index < -0.39 is 10.0 Å². The van der Waals surface area contributed by atoms with Crippen molar-refractivity contribution in [3.05, 3.63) is 64.8 Å². The monoisotopic (exact) mass is 526 g/mol. The smallest absolute Gasteiger partial charge is 0.275 e. The Hall–Kier alpha value is -3.35. The molecule has 2 aliphatic heterocycles. The van der Waals surface area contributed by atoms with Crippen LogP contribution in [0, 0.1) is 0 Å². The van der Waals surface area contributed by atoms with E-state index in [-0.39, 0.29) is 23.6 Å². The van der Waals surface area contributed by atoms with Gasteiger partial charge in [0.25, 0.3) is 5.91 Å². The van der Waals surface area contributed by atoms with E-state index in [0.717, 1.165) is 17.4 Å². The maximum Gasteiger partial charge on any atom is 0.275 e. The number of rotatable bonds is 6. The number of nitrogens with zero attached hydrogens (tertiary/aromatic N) is 4. The minimum absolute atomic E-state index is 0.0432. The quantitative estimate of drug-likeness (QED) is 0.505. The van der Waals surface area contributed by atoms with E-state index >= 15 is 0 Å². The SMILES string of the molecule is CS(=O)(=O)NC1CCN(c2ncccc2NC(=O)c2csc(N3Cc4ccccc4CC3=O)n2)CC1. The molecule has 12 heteroatoms. The van der Waals surface area contributed by atoms with Gasteiger partial charge in [0.2, 0.25) is 15.9 Å². The molecule has 1 fully saturated rings. The molecule has 0 bridgehead atoms. The van der Waals surface area contributed by atoms with E-state index in [1.807, 2.05) is 29.2 Å². The average molecular weight is 527 g/mol. The number of piperidine rings is 1. The number of hydrogen-bond acceptors (Lipinski definition) is 8. The zero-order chi connectivity index (χ0) is 25.3. The summed E-state index contributed by atoms with van der Waals surface area (Å²) in [4.78, 5) is 38.3. The van der Waals surface area contributed by atoms with Gasteiger partial charge in [0.15, 0.2) is 10.9 Å². The number of aromatic nitrogens is 2. The van der Waals surface area contributed by atoms with Gasteiger partial charge >= 0.3 is 0 Å². The maximum absolute atomic E-state index is 13.0. The predicted octanol–water partition coefficient (Wildman–Crippen LogP) is 2.40. The lowest BCUT2D eigenvalue weighted by atomic mass is 10.00. The van der Waals surface area contributed by atoms with Gasteiger partial charge in [-0.15, -0.1) is 11.3 Å². The molecule has 188 valence electrons. The van der Waals surface area contributed by atoms with Crippen molar-refractivity contribution in [2.24, 2.45) is 0 Å². The molecule has 2 aliphatic rings. The molecular weight excluding hydrogens is 500 g/mol. The van der Waals surface area contributed by atoms with Crippen LogP contribution in [0.1, 0.15) is 34.5 Å². The molecule has 2 aromatic heterocycles. The summed E-state index contributed by atoms with van der Waals surface area (Å²) in [5.41, 5.74) is 2.88. The molecule has 1 aromatic carbocycles. The van der Waals surface area contributed by atoms with Crippen LogP contribution in [-0.2, 0) is 27.8 Å². The van der Waals surface area contributed by atoms with E-state index in [2.05, 4.69) is 20.0 Å². The van der Waals surface area contributed by atoms with E-state index in [1.54, 1.807) is 28.6 Å². The molecule has 0 spiro atoms. The molecule has 3 aromatic rings. The van der Waals surface area contributed by atoms with Crippen LogP contribution in [-0.4, -0.2) is 55.6 Å². The van der Waals surface area contributed by atoms with Gasteiger partial charge in [-0.1, -0.05) is 24.3 Å². The van der Waals surface area contributed by atoms with Crippen molar-refractivity contribution < 1.29 is 18.0 Å². The van der Waals surface area contributed by atoms with Crippen LogP contribution in [0.3, 0.4) is 0 Å². The van der Waals surface area contributed by atoms with E-state index in [0.29, 0.717) is 55.5 Å². The summed E-state index contributed by atoms with van der Waals surface area (Å²) >= 11 is 1.26. The summed E-state index contributed by atoms with van der Waals surface area (Å²) < 4.78 is 25.7. The van der Waals surface area contributed by atoms with Crippen LogP contribution in [0.2, 0.25) is 0 Å². The number of benzene rings is 1. The number of carbonyl (C=O) groups excluding carboxylic acids is 2. The Labute approximate surface area is 213 Å². The average Bonchev–Trinajstić information content (AvgIpc) is 3.34. The summed E-state index contributed by atoms with van der Waals surface area (Å²) in [5.74, 6) is 0.200. The lowest BCUT2D eigenvalue weighted by Gasteiger charge is -2.33. The summed E-state index contributed by atoms with van der Waals surface area (Å²) in [7, 11) is -3.26. The minimum atomic E-state index is -3.26.